The third-order valence-corrected chi connectivity index (χ3v) is 6.45. The fraction of sp³-hybridized carbons (Fsp3) is 0.400. The molecule has 0 saturated carbocycles. The number of benzene rings is 2. The molecule has 0 atom stereocenters. The van der Waals surface area contributed by atoms with Crippen molar-refractivity contribution < 1.29 is 14.4 Å². The topological polar surface area (TPSA) is 84.2 Å². The summed E-state index contributed by atoms with van der Waals surface area (Å²) >= 11 is 0. The Hall–Kier alpha value is -3.54. The molecule has 0 fully saturated rings. The molecule has 0 spiro atoms. The number of rotatable bonds is 15. The number of phenols is 1. The van der Waals surface area contributed by atoms with Crippen LogP contribution < -0.4 is 4.74 Å². The maximum Gasteiger partial charge on any atom is 0.167 e. The molecule has 2 heterocycles. The van der Waals surface area contributed by atoms with Crippen LogP contribution in [0.15, 0.2) is 65.2 Å². The van der Waals surface area contributed by atoms with Crippen molar-refractivity contribution in [3.63, 3.8) is 0 Å². The molecule has 4 aromatic rings. The Morgan fingerprint density at radius 1 is 0.806 bits per heavy atom. The lowest BCUT2D eigenvalue weighted by Crippen LogP contribution is -1.97. The van der Waals surface area contributed by atoms with Crippen molar-refractivity contribution in [2.45, 2.75) is 71.1 Å². The Balaban J connectivity index is 1.20. The van der Waals surface area contributed by atoms with Crippen LogP contribution in [0.2, 0.25) is 0 Å². The summed E-state index contributed by atoms with van der Waals surface area (Å²) in [6.07, 6.45) is 13.2. The highest BCUT2D eigenvalue weighted by atomic mass is 16.5. The van der Waals surface area contributed by atoms with Crippen LogP contribution in [0.1, 0.15) is 71.1 Å². The number of nitrogens with one attached hydrogen (secondary N) is 1. The van der Waals surface area contributed by atoms with E-state index in [0.29, 0.717) is 22.7 Å². The van der Waals surface area contributed by atoms with Gasteiger partial charge in [0, 0.05) is 17.2 Å². The molecule has 2 aromatic carbocycles. The van der Waals surface area contributed by atoms with E-state index >= 15 is 0 Å². The van der Waals surface area contributed by atoms with E-state index in [1.807, 2.05) is 48.5 Å². The van der Waals surface area contributed by atoms with Gasteiger partial charge in [0.1, 0.15) is 17.2 Å². The third kappa shape index (κ3) is 7.23. The lowest BCUT2D eigenvalue weighted by molar-refractivity contribution is 0.304. The molecule has 4 rings (SSSR count). The zero-order chi connectivity index (χ0) is 25.0. The van der Waals surface area contributed by atoms with Gasteiger partial charge in [0.05, 0.1) is 18.0 Å². The third-order valence-electron chi connectivity index (χ3n) is 6.45. The minimum atomic E-state index is 0.187. The maximum absolute atomic E-state index is 10.1. The molecular formula is C30H37N3O3. The monoisotopic (exact) mass is 487 g/mol. The summed E-state index contributed by atoms with van der Waals surface area (Å²) < 4.78 is 11.5. The molecule has 0 aliphatic heterocycles. The lowest BCUT2D eigenvalue weighted by atomic mass is 10.1. The molecular weight excluding hydrogens is 450 g/mol. The van der Waals surface area contributed by atoms with Crippen LogP contribution in [0.25, 0.3) is 34.0 Å². The second-order valence-electron chi connectivity index (χ2n) is 9.32. The Morgan fingerprint density at radius 2 is 1.50 bits per heavy atom. The van der Waals surface area contributed by atoms with E-state index in [4.69, 9.17) is 9.26 Å². The summed E-state index contributed by atoms with van der Waals surface area (Å²) in [5, 5.41) is 21.5. The number of aromatic amines is 1. The summed E-state index contributed by atoms with van der Waals surface area (Å²) in [5.41, 5.74) is 3.62. The van der Waals surface area contributed by atoms with Crippen molar-refractivity contribution in [2.75, 3.05) is 6.61 Å². The number of para-hydroxylation sites is 1. The van der Waals surface area contributed by atoms with Crippen LogP contribution in [-0.4, -0.2) is 27.1 Å². The van der Waals surface area contributed by atoms with Crippen molar-refractivity contribution >= 4 is 0 Å². The SMILES string of the molecule is CCCCCCCCCCCCOc1ccc(-c2cc(-c3cc(-c4ccccc4O)n[nH]3)no2)cc1. The molecule has 0 aliphatic carbocycles. The van der Waals surface area contributed by atoms with Crippen LogP contribution in [0.4, 0.5) is 0 Å². The van der Waals surface area contributed by atoms with Gasteiger partial charge in [-0.25, -0.2) is 0 Å². The molecule has 6 nitrogen and oxygen atoms in total. The van der Waals surface area contributed by atoms with E-state index in [-0.39, 0.29) is 5.75 Å². The molecule has 0 saturated heterocycles. The van der Waals surface area contributed by atoms with Gasteiger partial charge in [-0.05, 0) is 48.9 Å². The zero-order valence-corrected chi connectivity index (χ0v) is 21.2. The van der Waals surface area contributed by atoms with Crippen LogP contribution in [0.3, 0.4) is 0 Å². The molecule has 2 N–H and O–H groups in total. The summed E-state index contributed by atoms with van der Waals surface area (Å²) in [6.45, 7) is 3.02. The first-order chi connectivity index (χ1) is 17.7. The van der Waals surface area contributed by atoms with Gasteiger partial charge in [0.25, 0.3) is 0 Å². The second kappa shape index (κ2) is 13.5. The molecule has 0 radical (unpaired) electrons. The van der Waals surface area contributed by atoms with E-state index in [2.05, 4.69) is 22.3 Å². The first-order valence-electron chi connectivity index (χ1n) is 13.3. The van der Waals surface area contributed by atoms with Gasteiger partial charge in [0.2, 0.25) is 0 Å². The van der Waals surface area contributed by atoms with Crippen LogP contribution in [-0.2, 0) is 0 Å². The molecule has 2 aromatic heterocycles. The number of aromatic hydroxyl groups is 1. The predicted molar refractivity (Wildman–Crippen MR) is 144 cm³/mol. The zero-order valence-electron chi connectivity index (χ0n) is 21.2. The van der Waals surface area contributed by atoms with E-state index in [1.54, 1.807) is 12.1 Å². The minimum Gasteiger partial charge on any atom is -0.507 e. The van der Waals surface area contributed by atoms with Gasteiger partial charge in [-0.15, -0.1) is 0 Å². The fourth-order valence-corrected chi connectivity index (χ4v) is 4.31. The normalized spacial score (nSPS) is 11.1. The van der Waals surface area contributed by atoms with Crippen molar-refractivity contribution in [3.05, 3.63) is 60.7 Å². The highest BCUT2D eigenvalue weighted by Gasteiger charge is 2.13. The van der Waals surface area contributed by atoms with Gasteiger partial charge in [0.15, 0.2) is 5.76 Å². The van der Waals surface area contributed by atoms with E-state index < -0.39 is 0 Å². The predicted octanol–water partition coefficient (Wildman–Crippen LogP) is 8.40. The molecule has 0 amide bonds. The number of phenolic OH excluding ortho intramolecular Hbond substituents is 1. The Bertz CT molecular complexity index is 1180. The second-order valence-corrected chi connectivity index (χ2v) is 9.32. The number of unbranched alkanes of at least 4 members (excludes halogenated alkanes) is 9. The first kappa shape index (κ1) is 25.5. The quantitative estimate of drug-likeness (QED) is 0.164. The van der Waals surface area contributed by atoms with Gasteiger partial charge in [-0.1, -0.05) is 82.0 Å². The molecule has 0 aliphatic rings. The van der Waals surface area contributed by atoms with Crippen molar-refractivity contribution in [2.24, 2.45) is 0 Å². The number of hydrogen-bond donors (Lipinski definition) is 2. The van der Waals surface area contributed by atoms with Crippen molar-refractivity contribution in [3.8, 4) is 45.5 Å². The fourth-order valence-electron chi connectivity index (χ4n) is 4.31. The number of H-pyrrole nitrogens is 1. The average molecular weight is 488 g/mol. The summed E-state index contributed by atoms with van der Waals surface area (Å²) in [5.74, 6) is 1.73. The van der Waals surface area contributed by atoms with Gasteiger partial charge in [-0.3, -0.25) is 5.10 Å². The Labute approximate surface area is 213 Å². The van der Waals surface area contributed by atoms with E-state index in [1.165, 1.54) is 57.8 Å². The summed E-state index contributed by atoms with van der Waals surface area (Å²) in [4.78, 5) is 0. The van der Waals surface area contributed by atoms with Gasteiger partial charge < -0.3 is 14.4 Å². The Kier molecular flexibility index (Phi) is 9.60. The maximum atomic E-state index is 10.1. The number of hydrogen-bond acceptors (Lipinski definition) is 5. The van der Waals surface area contributed by atoms with E-state index in [0.717, 1.165) is 30.0 Å². The molecule has 0 unspecified atom stereocenters. The summed E-state index contributed by atoms with van der Waals surface area (Å²) in [6, 6.07) is 18.7. The lowest BCUT2D eigenvalue weighted by Gasteiger charge is -2.06. The highest BCUT2D eigenvalue weighted by Crippen LogP contribution is 2.31. The van der Waals surface area contributed by atoms with Crippen molar-refractivity contribution in [1.82, 2.24) is 15.4 Å². The molecule has 6 heteroatoms. The van der Waals surface area contributed by atoms with Gasteiger partial charge >= 0.3 is 0 Å². The molecule has 36 heavy (non-hydrogen) atoms. The van der Waals surface area contributed by atoms with Crippen LogP contribution in [0.5, 0.6) is 11.5 Å². The number of nitrogens with zero attached hydrogens (tertiary/aromatic N) is 2. The first-order valence-corrected chi connectivity index (χ1v) is 13.3. The molecule has 190 valence electrons. The van der Waals surface area contributed by atoms with Crippen molar-refractivity contribution in [1.29, 1.82) is 0 Å². The highest BCUT2D eigenvalue weighted by molar-refractivity contribution is 5.72. The van der Waals surface area contributed by atoms with Crippen LogP contribution in [0, 0.1) is 0 Å². The Morgan fingerprint density at radius 3 is 2.22 bits per heavy atom. The summed E-state index contributed by atoms with van der Waals surface area (Å²) in [7, 11) is 0. The smallest absolute Gasteiger partial charge is 0.167 e. The largest absolute Gasteiger partial charge is 0.507 e. The van der Waals surface area contributed by atoms with Crippen LogP contribution >= 0.6 is 0 Å². The number of aromatic nitrogens is 3. The van der Waals surface area contributed by atoms with E-state index in [9.17, 15) is 5.11 Å². The average Bonchev–Trinajstić information content (AvgIpc) is 3.58. The van der Waals surface area contributed by atoms with Gasteiger partial charge in [-0.2, -0.15) is 5.10 Å². The molecule has 0 bridgehead atoms. The number of ether oxygens (including phenoxy) is 1. The standard InChI is InChI=1S/C30H37N3O3/c1-2-3-4-5-6-7-8-9-10-13-20-35-24-18-16-23(17-19-24)30-22-28(33-36-30)27-21-26(31-32-27)25-14-11-12-15-29(25)34/h11-12,14-19,21-22,34H,2-10,13,20H2,1H3,(H,31,32). The minimum absolute atomic E-state index is 0.187.